The quantitative estimate of drug-likeness (QED) is 0.550. The van der Waals surface area contributed by atoms with Crippen molar-refractivity contribution in [2.45, 2.75) is 19.8 Å². The monoisotopic (exact) mass is 325 g/mol. The van der Waals surface area contributed by atoms with Gasteiger partial charge in [-0.05, 0) is 12.5 Å². The van der Waals surface area contributed by atoms with Gasteiger partial charge in [-0.25, -0.2) is 9.97 Å². The van der Waals surface area contributed by atoms with Gasteiger partial charge in [0.2, 0.25) is 0 Å². The number of fused-ring (bicyclic) bond motifs is 1. The summed E-state index contributed by atoms with van der Waals surface area (Å²) in [5.41, 5.74) is 2.34. The Hall–Kier alpha value is -2.96. The van der Waals surface area contributed by atoms with Gasteiger partial charge in [-0.15, -0.1) is 0 Å². The van der Waals surface area contributed by atoms with Gasteiger partial charge in [0.25, 0.3) is 5.69 Å². The van der Waals surface area contributed by atoms with E-state index in [1.54, 1.807) is 12.1 Å². The number of H-pyrrole nitrogens is 1. The van der Waals surface area contributed by atoms with E-state index in [1.165, 1.54) is 12.4 Å². The molecule has 0 radical (unpaired) electrons. The zero-order valence-corrected chi connectivity index (χ0v) is 13.7. The molecule has 0 aliphatic heterocycles. The highest BCUT2D eigenvalue weighted by atomic mass is 16.6. The maximum Gasteiger partial charge on any atom is 0.270 e. The molecule has 0 unspecified atom stereocenters. The molecule has 7 heteroatoms. The molecule has 0 aliphatic carbocycles. The highest BCUT2D eigenvalue weighted by Gasteiger charge is 2.14. The molecule has 7 nitrogen and oxygen atoms in total. The van der Waals surface area contributed by atoms with Crippen molar-refractivity contribution in [2.24, 2.45) is 0 Å². The molecule has 0 amide bonds. The van der Waals surface area contributed by atoms with Crippen molar-refractivity contribution in [1.82, 2.24) is 15.0 Å². The number of nitro groups is 1. The summed E-state index contributed by atoms with van der Waals surface area (Å²) in [5, 5.41) is 11.9. The Morgan fingerprint density at radius 1 is 1.29 bits per heavy atom. The molecule has 24 heavy (non-hydrogen) atoms. The fourth-order valence-electron chi connectivity index (χ4n) is 2.67. The number of nitro benzene ring substituents is 1. The summed E-state index contributed by atoms with van der Waals surface area (Å²) in [4.78, 5) is 24.6. The molecule has 2 heterocycles. The van der Waals surface area contributed by atoms with Gasteiger partial charge in [0.05, 0.1) is 10.3 Å². The van der Waals surface area contributed by atoms with Crippen molar-refractivity contribution in [1.29, 1.82) is 0 Å². The first-order valence-corrected chi connectivity index (χ1v) is 7.90. The predicted molar refractivity (Wildman–Crippen MR) is 94.2 cm³/mol. The summed E-state index contributed by atoms with van der Waals surface area (Å²) < 4.78 is 0. The largest absolute Gasteiger partial charge is 0.359 e. The summed E-state index contributed by atoms with van der Waals surface area (Å²) >= 11 is 0. The van der Waals surface area contributed by atoms with E-state index in [-0.39, 0.29) is 5.69 Å². The lowest BCUT2D eigenvalue weighted by Crippen LogP contribution is -2.19. The van der Waals surface area contributed by atoms with E-state index >= 15 is 0 Å². The summed E-state index contributed by atoms with van der Waals surface area (Å²) in [7, 11) is 2.01. The third-order valence-electron chi connectivity index (χ3n) is 3.98. The van der Waals surface area contributed by atoms with Crippen LogP contribution in [0, 0.1) is 10.1 Å². The van der Waals surface area contributed by atoms with Gasteiger partial charge in [0.15, 0.2) is 0 Å². The zero-order chi connectivity index (χ0) is 17.1. The first kappa shape index (κ1) is 15.9. The molecule has 3 rings (SSSR count). The van der Waals surface area contributed by atoms with Crippen LogP contribution in [0.5, 0.6) is 0 Å². The van der Waals surface area contributed by atoms with E-state index in [1.807, 2.05) is 19.2 Å². The van der Waals surface area contributed by atoms with E-state index in [0.717, 1.165) is 47.5 Å². The average Bonchev–Trinajstić information content (AvgIpc) is 3.04. The van der Waals surface area contributed by atoms with Gasteiger partial charge >= 0.3 is 0 Å². The number of aromatic amines is 1. The second-order valence-electron chi connectivity index (χ2n) is 5.73. The zero-order valence-electron chi connectivity index (χ0n) is 13.7. The Morgan fingerprint density at radius 3 is 2.88 bits per heavy atom. The minimum Gasteiger partial charge on any atom is -0.359 e. The van der Waals surface area contributed by atoms with Gasteiger partial charge in [-0.2, -0.15) is 0 Å². The van der Waals surface area contributed by atoms with Gasteiger partial charge in [-0.3, -0.25) is 10.1 Å². The normalized spacial score (nSPS) is 10.9. The Morgan fingerprint density at radius 2 is 2.12 bits per heavy atom. The van der Waals surface area contributed by atoms with Gasteiger partial charge in [0, 0.05) is 37.0 Å². The van der Waals surface area contributed by atoms with Crippen molar-refractivity contribution < 1.29 is 4.92 Å². The van der Waals surface area contributed by atoms with Gasteiger partial charge in [-0.1, -0.05) is 25.5 Å². The fraction of sp³-hybridized carbons (Fsp3) is 0.294. The number of non-ortho nitro benzene ring substituents is 1. The Balaban J connectivity index is 2.02. The first-order chi connectivity index (χ1) is 11.6. The van der Waals surface area contributed by atoms with Crippen LogP contribution in [-0.2, 0) is 0 Å². The van der Waals surface area contributed by atoms with Gasteiger partial charge in [0.1, 0.15) is 17.8 Å². The second kappa shape index (κ2) is 6.66. The number of hydrogen-bond donors (Lipinski definition) is 1. The highest BCUT2D eigenvalue weighted by Crippen LogP contribution is 2.29. The minimum absolute atomic E-state index is 0.0672. The molecular weight excluding hydrogens is 306 g/mol. The first-order valence-electron chi connectivity index (χ1n) is 7.90. The summed E-state index contributed by atoms with van der Waals surface area (Å²) in [6.07, 6.45) is 3.74. The van der Waals surface area contributed by atoms with Crippen LogP contribution in [0.15, 0.2) is 36.7 Å². The average molecular weight is 325 g/mol. The lowest BCUT2D eigenvalue weighted by molar-refractivity contribution is -0.384. The Kier molecular flexibility index (Phi) is 4.41. The highest BCUT2D eigenvalue weighted by molar-refractivity contribution is 5.91. The number of nitrogens with one attached hydrogen (secondary N) is 1. The molecule has 2 aromatic heterocycles. The predicted octanol–water partition coefficient (Wildman–Crippen LogP) is 3.77. The van der Waals surface area contributed by atoms with Crippen LogP contribution in [0.4, 0.5) is 11.5 Å². The number of benzene rings is 1. The Labute approximate surface area is 139 Å². The van der Waals surface area contributed by atoms with E-state index in [4.69, 9.17) is 0 Å². The molecule has 3 aromatic rings. The number of anilines is 1. The van der Waals surface area contributed by atoms with Crippen LogP contribution in [0.2, 0.25) is 0 Å². The molecule has 0 saturated carbocycles. The lowest BCUT2D eigenvalue weighted by atomic mass is 10.1. The molecule has 1 aromatic carbocycles. The molecule has 0 bridgehead atoms. The maximum atomic E-state index is 11.0. The number of nitrogens with zero attached hydrogens (tertiary/aromatic N) is 4. The Bertz CT molecular complexity index is 874. The molecular formula is C17H19N5O2. The van der Waals surface area contributed by atoms with Crippen molar-refractivity contribution >= 4 is 22.5 Å². The lowest BCUT2D eigenvalue weighted by Gasteiger charge is -2.17. The number of rotatable bonds is 6. The van der Waals surface area contributed by atoms with Crippen LogP contribution in [-0.4, -0.2) is 33.5 Å². The molecule has 0 fully saturated rings. The van der Waals surface area contributed by atoms with Crippen molar-refractivity contribution in [3.63, 3.8) is 0 Å². The van der Waals surface area contributed by atoms with Crippen molar-refractivity contribution in [3.8, 4) is 11.3 Å². The summed E-state index contributed by atoms with van der Waals surface area (Å²) in [5.74, 6) is 0.862. The number of aromatic nitrogens is 3. The van der Waals surface area contributed by atoms with Gasteiger partial charge < -0.3 is 9.88 Å². The van der Waals surface area contributed by atoms with Crippen LogP contribution >= 0.6 is 0 Å². The topological polar surface area (TPSA) is 88.0 Å². The SMILES string of the molecule is CCCCN(C)c1ncnc2[nH]c(-c3cccc([N+](=O)[O-])c3)cc12. The molecule has 0 atom stereocenters. The molecule has 0 spiro atoms. The summed E-state index contributed by atoms with van der Waals surface area (Å²) in [6.45, 7) is 3.07. The maximum absolute atomic E-state index is 11.0. The number of unbranched alkanes of at least 4 members (excludes halogenated alkanes) is 1. The number of hydrogen-bond acceptors (Lipinski definition) is 5. The molecule has 0 saturated heterocycles. The van der Waals surface area contributed by atoms with Crippen LogP contribution in [0.25, 0.3) is 22.3 Å². The third-order valence-corrected chi connectivity index (χ3v) is 3.98. The van der Waals surface area contributed by atoms with Crippen molar-refractivity contribution in [2.75, 3.05) is 18.5 Å². The van der Waals surface area contributed by atoms with Crippen LogP contribution in [0.1, 0.15) is 19.8 Å². The fourth-order valence-corrected chi connectivity index (χ4v) is 2.67. The van der Waals surface area contributed by atoms with Crippen molar-refractivity contribution in [3.05, 3.63) is 46.8 Å². The van der Waals surface area contributed by atoms with E-state index in [0.29, 0.717) is 0 Å². The smallest absolute Gasteiger partial charge is 0.270 e. The van der Waals surface area contributed by atoms with E-state index in [2.05, 4.69) is 26.8 Å². The minimum atomic E-state index is -0.393. The van der Waals surface area contributed by atoms with E-state index < -0.39 is 4.92 Å². The third kappa shape index (κ3) is 3.05. The molecule has 0 aliphatic rings. The molecule has 1 N–H and O–H groups in total. The summed E-state index contributed by atoms with van der Waals surface area (Å²) in [6, 6.07) is 8.51. The molecule has 124 valence electrons. The van der Waals surface area contributed by atoms with Crippen LogP contribution in [0.3, 0.4) is 0 Å². The second-order valence-corrected chi connectivity index (χ2v) is 5.73. The van der Waals surface area contributed by atoms with Crippen LogP contribution < -0.4 is 4.90 Å². The van der Waals surface area contributed by atoms with E-state index in [9.17, 15) is 10.1 Å². The standard InChI is InChI=1S/C17H19N5O2/c1-3-4-8-21(2)17-14-10-15(20-16(14)18-11-19-17)12-6-5-7-13(9-12)22(23)24/h5-7,9-11H,3-4,8H2,1-2H3,(H,18,19,20).